The number of thioether (sulfide) groups is 1. The SMILES string of the molecule is Cc1ccc(NC(=O)c2ccccc2SCc2nnnn2-c2ccccc2)nc1. The Morgan fingerprint density at radius 1 is 1.03 bits per heavy atom. The van der Waals surface area contributed by atoms with Crippen LogP contribution in [-0.4, -0.2) is 31.1 Å². The summed E-state index contributed by atoms with van der Waals surface area (Å²) in [5, 5.41) is 14.8. The molecular formula is C21H18N6OS. The van der Waals surface area contributed by atoms with Crippen molar-refractivity contribution < 1.29 is 4.79 Å². The first kappa shape index (κ1) is 18.8. The molecule has 0 unspecified atom stereocenters. The minimum absolute atomic E-state index is 0.202. The lowest BCUT2D eigenvalue weighted by Gasteiger charge is -2.10. The molecule has 0 aliphatic carbocycles. The zero-order valence-corrected chi connectivity index (χ0v) is 16.5. The van der Waals surface area contributed by atoms with Gasteiger partial charge in [0.1, 0.15) is 5.82 Å². The summed E-state index contributed by atoms with van der Waals surface area (Å²) in [5.74, 6) is 1.55. The van der Waals surface area contributed by atoms with Gasteiger partial charge in [-0.15, -0.1) is 16.9 Å². The summed E-state index contributed by atoms with van der Waals surface area (Å²) in [6.45, 7) is 1.95. The van der Waals surface area contributed by atoms with Crippen LogP contribution < -0.4 is 5.32 Å². The molecule has 1 N–H and O–H groups in total. The van der Waals surface area contributed by atoms with Crippen molar-refractivity contribution in [2.75, 3.05) is 5.32 Å². The molecule has 0 saturated heterocycles. The fourth-order valence-electron chi connectivity index (χ4n) is 2.71. The van der Waals surface area contributed by atoms with E-state index in [1.54, 1.807) is 23.0 Å². The number of amides is 1. The Kier molecular flexibility index (Phi) is 5.62. The van der Waals surface area contributed by atoms with Crippen molar-refractivity contribution in [3.63, 3.8) is 0 Å². The number of aryl methyl sites for hydroxylation is 1. The van der Waals surface area contributed by atoms with Gasteiger partial charge in [-0.25, -0.2) is 4.98 Å². The van der Waals surface area contributed by atoms with E-state index in [1.165, 1.54) is 11.8 Å². The van der Waals surface area contributed by atoms with Crippen LogP contribution in [0.4, 0.5) is 5.82 Å². The molecule has 0 aliphatic rings. The van der Waals surface area contributed by atoms with E-state index < -0.39 is 0 Å². The highest BCUT2D eigenvalue weighted by molar-refractivity contribution is 7.98. The minimum atomic E-state index is -0.202. The molecule has 0 bridgehead atoms. The predicted molar refractivity (Wildman–Crippen MR) is 112 cm³/mol. The average molecular weight is 402 g/mol. The van der Waals surface area contributed by atoms with Crippen LogP contribution in [0.5, 0.6) is 0 Å². The van der Waals surface area contributed by atoms with E-state index >= 15 is 0 Å². The summed E-state index contributed by atoms with van der Waals surface area (Å²) in [4.78, 5) is 17.8. The molecule has 2 aromatic heterocycles. The van der Waals surface area contributed by atoms with Gasteiger partial charge in [-0.3, -0.25) is 4.79 Å². The van der Waals surface area contributed by atoms with Gasteiger partial charge in [0.05, 0.1) is 17.0 Å². The molecule has 144 valence electrons. The van der Waals surface area contributed by atoms with E-state index in [0.29, 0.717) is 23.0 Å². The standard InChI is InChI=1S/C21H18N6OS/c1-15-11-12-19(22-13-15)23-21(28)17-9-5-6-10-18(17)29-14-20-24-25-26-27(20)16-7-3-2-4-8-16/h2-13H,14H2,1H3,(H,22,23,28). The van der Waals surface area contributed by atoms with Crippen LogP contribution in [0, 0.1) is 6.92 Å². The van der Waals surface area contributed by atoms with Gasteiger partial charge in [0.25, 0.3) is 5.91 Å². The zero-order chi connectivity index (χ0) is 20.1. The van der Waals surface area contributed by atoms with Crippen molar-refractivity contribution in [1.29, 1.82) is 0 Å². The predicted octanol–water partition coefficient (Wildman–Crippen LogP) is 3.91. The molecule has 0 aliphatic heterocycles. The van der Waals surface area contributed by atoms with Gasteiger partial charge < -0.3 is 5.32 Å². The number of para-hydroxylation sites is 1. The average Bonchev–Trinajstić information content (AvgIpc) is 3.23. The number of aromatic nitrogens is 5. The molecule has 2 heterocycles. The smallest absolute Gasteiger partial charge is 0.257 e. The van der Waals surface area contributed by atoms with Crippen LogP contribution in [-0.2, 0) is 5.75 Å². The lowest BCUT2D eigenvalue weighted by molar-refractivity contribution is 0.102. The third-order valence-electron chi connectivity index (χ3n) is 4.18. The first-order valence-corrected chi connectivity index (χ1v) is 9.98. The number of benzene rings is 2. The lowest BCUT2D eigenvalue weighted by atomic mass is 10.2. The largest absolute Gasteiger partial charge is 0.307 e. The maximum atomic E-state index is 12.8. The normalized spacial score (nSPS) is 10.7. The first-order chi connectivity index (χ1) is 14.2. The Bertz CT molecular complexity index is 1110. The summed E-state index contributed by atoms with van der Waals surface area (Å²) in [7, 11) is 0. The molecular weight excluding hydrogens is 384 g/mol. The third-order valence-corrected chi connectivity index (χ3v) is 5.25. The highest BCUT2D eigenvalue weighted by Crippen LogP contribution is 2.26. The van der Waals surface area contributed by atoms with Crippen LogP contribution in [0.15, 0.2) is 77.8 Å². The molecule has 1 amide bonds. The van der Waals surface area contributed by atoms with E-state index in [1.807, 2.05) is 61.5 Å². The van der Waals surface area contributed by atoms with Gasteiger partial charge in [0.2, 0.25) is 0 Å². The summed E-state index contributed by atoms with van der Waals surface area (Å²) < 4.78 is 1.70. The summed E-state index contributed by atoms with van der Waals surface area (Å²) in [6, 6.07) is 20.9. The van der Waals surface area contributed by atoms with Crippen molar-refractivity contribution in [3.8, 4) is 5.69 Å². The highest BCUT2D eigenvalue weighted by atomic mass is 32.2. The molecule has 0 saturated carbocycles. The van der Waals surface area contributed by atoms with Crippen LogP contribution in [0.1, 0.15) is 21.7 Å². The number of hydrogen-bond donors (Lipinski definition) is 1. The second kappa shape index (κ2) is 8.66. The Morgan fingerprint density at radius 2 is 1.83 bits per heavy atom. The topological polar surface area (TPSA) is 85.6 Å². The summed E-state index contributed by atoms with van der Waals surface area (Å²) in [6.07, 6.45) is 1.72. The monoisotopic (exact) mass is 402 g/mol. The number of nitrogens with zero attached hydrogens (tertiary/aromatic N) is 5. The minimum Gasteiger partial charge on any atom is -0.307 e. The lowest BCUT2D eigenvalue weighted by Crippen LogP contribution is -2.14. The zero-order valence-electron chi connectivity index (χ0n) is 15.7. The maximum Gasteiger partial charge on any atom is 0.257 e. The van der Waals surface area contributed by atoms with E-state index in [0.717, 1.165) is 16.1 Å². The van der Waals surface area contributed by atoms with Gasteiger partial charge >= 0.3 is 0 Å². The van der Waals surface area contributed by atoms with E-state index in [4.69, 9.17) is 0 Å². The molecule has 0 spiro atoms. The van der Waals surface area contributed by atoms with Gasteiger partial charge in [-0.1, -0.05) is 36.4 Å². The van der Waals surface area contributed by atoms with Crippen LogP contribution in [0.25, 0.3) is 5.69 Å². The van der Waals surface area contributed by atoms with Crippen LogP contribution >= 0.6 is 11.8 Å². The number of pyridine rings is 1. The summed E-state index contributed by atoms with van der Waals surface area (Å²) in [5.41, 5.74) is 2.51. The quantitative estimate of drug-likeness (QED) is 0.492. The van der Waals surface area contributed by atoms with Crippen molar-refractivity contribution in [1.82, 2.24) is 25.2 Å². The third kappa shape index (κ3) is 4.49. The first-order valence-electron chi connectivity index (χ1n) is 8.99. The van der Waals surface area contributed by atoms with Gasteiger partial charge in [0.15, 0.2) is 5.82 Å². The Hall–Kier alpha value is -3.52. The van der Waals surface area contributed by atoms with Crippen molar-refractivity contribution in [2.24, 2.45) is 0 Å². The van der Waals surface area contributed by atoms with Gasteiger partial charge in [-0.2, -0.15) is 4.68 Å². The van der Waals surface area contributed by atoms with Gasteiger partial charge in [-0.05, 0) is 53.2 Å². The fourth-order valence-corrected chi connectivity index (χ4v) is 3.67. The number of carbonyl (C=O) groups excluding carboxylic acids is 1. The Morgan fingerprint density at radius 3 is 2.62 bits per heavy atom. The van der Waals surface area contributed by atoms with E-state index in [9.17, 15) is 4.79 Å². The van der Waals surface area contributed by atoms with Crippen LogP contribution in [0.3, 0.4) is 0 Å². The molecule has 0 atom stereocenters. The number of tetrazole rings is 1. The Balaban J connectivity index is 1.50. The number of hydrogen-bond acceptors (Lipinski definition) is 6. The molecule has 0 radical (unpaired) electrons. The number of nitrogens with one attached hydrogen (secondary N) is 1. The van der Waals surface area contributed by atoms with Crippen LogP contribution in [0.2, 0.25) is 0 Å². The molecule has 29 heavy (non-hydrogen) atoms. The second-order valence-corrected chi connectivity index (χ2v) is 7.32. The molecule has 7 nitrogen and oxygen atoms in total. The van der Waals surface area contributed by atoms with Crippen molar-refractivity contribution >= 4 is 23.5 Å². The number of carbonyl (C=O) groups is 1. The molecule has 2 aromatic carbocycles. The molecule has 0 fully saturated rings. The number of rotatable bonds is 6. The molecule has 4 aromatic rings. The second-order valence-electron chi connectivity index (χ2n) is 6.30. The summed E-state index contributed by atoms with van der Waals surface area (Å²) >= 11 is 1.51. The number of anilines is 1. The van der Waals surface area contributed by atoms with E-state index in [-0.39, 0.29) is 5.91 Å². The highest BCUT2D eigenvalue weighted by Gasteiger charge is 2.14. The van der Waals surface area contributed by atoms with Crippen molar-refractivity contribution in [2.45, 2.75) is 17.6 Å². The maximum absolute atomic E-state index is 12.8. The van der Waals surface area contributed by atoms with Gasteiger partial charge in [0, 0.05) is 11.1 Å². The van der Waals surface area contributed by atoms with Crippen molar-refractivity contribution in [3.05, 3.63) is 89.9 Å². The molecule has 8 heteroatoms. The molecule has 4 rings (SSSR count). The van der Waals surface area contributed by atoms with E-state index in [2.05, 4.69) is 25.8 Å². The fraction of sp³-hybridized carbons (Fsp3) is 0.0952. The Labute approximate surface area is 172 Å².